The van der Waals surface area contributed by atoms with Gasteiger partial charge in [0.2, 0.25) is 0 Å². The van der Waals surface area contributed by atoms with Crippen LogP contribution in [0.5, 0.6) is 0 Å². The van der Waals surface area contributed by atoms with Crippen molar-refractivity contribution in [2.75, 3.05) is 13.1 Å². The van der Waals surface area contributed by atoms with Gasteiger partial charge in [0.15, 0.2) is 0 Å². The molecule has 34 heavy (non-hydrogen) atoms. The van der Waals surface area contributed by atoms with E-state index in [0.717, 1.165) is 0 Å². The highest BCUT2D eigenvalue weighted by molar-refractivity contribution is 7.58. The summed E-state index contributed by atoms with van der Waals surface area (Å²) < 4.78 is 0. The van der Waals surface area contributed by atoms with Crippen molar-refractivity contribution in [3.8, 4) is 0 Å². The molecule has 1 aromatic rings. The van der Waals surface area contributed by atoms with Gasteiger partial charge in [0.25, 0.3) is 0 Å². The zero-order chi connectivity index (χ0) is 25.4. The van der Waals surface area contributed by atoms with Crippen molar-refractivity contribution in [3.05, 3.63) is 34.9 Å². The minimum absolute atomic E-state index is 0.00720. The zero-order valence-electron chi connectivity index (χ0n) is 23.8. The molecule has 0 aliphatic carbocycles. The summed E-state index contributed by atoms with van der Waals surface area (Å²) in [6, 6.07) is 7.54. The van der Waals surface area contributed by atoms with E-state index in [1.807, 2.05) is 0 Å². The van der Waals surface area contributed by atoms with Gasteiger partial charge in [-0.15, -0.1) is 9.24 Å². The Morgan fingerprint density at radius 2 is 1.29 bits per heavy atom. The van der Waals surface area contributed by atoms with Crippen LogP contribution in [0.2, 0.25) is 0 Å². The molecule has 0 aromatic heterocycles. The lowest BCUT2D eigenvalue weighted by Crippen LogP contribution is -2.46. The molecule has 3 unspecified atom stereocenters. The van der Waals surface area contributed by atoms with Crippen LogP contribution in [0.3, 0.4) is 0 Å². The van der Waals surface area contributed by atoms with Crippen LogP contribution < -0.4 is 10.6 Å². The summed E-state index contributed by atoms with van der Waals surface area (Å²) in [5.74, 6) is 1.38. The van der Waals surface area contributed by atoms with Gasteiger partial charge in [-0.25, -0.2) is 0 Å². The monoisotopic (exact) mass is 504 g/mol. The maximum absolute atomic E-state index is 3.98. The molecule has 0 radical (unpaired) electrons. The van der Waals surface area contributed by atoms with Gasteiger partial charge in [-0.3, -0.25) is 0 Å². The Kier molecular flexibility index (Phi) is 9.05. The van der Waals surface area contributed by atoms with Crippen LogP contribution in [0.25, 0.3) is 0 Å². The lowest BCUT2D eigenvalue weighted by atomic mass is 9.61. The van der Waals surface area contributed by atoms with E-state index in [9.17, 15) is 0 Å². The van der Waals surface area contributed by atoms with Crippen molar-refractivity contribution in [1.29, 1.82) is 0 Å². The summed E-state index contributed by atoms with van der Waals surface area (Å²) in [4.78, 5) is 0. The molecule has 3 rings (SSSR count). The molecule has 1 aromatic carbocycles. The fourth-order valence-corrected chi connectivity index (χ4v) is 9.94. The second-order valence-corrected chi connectivity index (χ2v) is 17.5. The number of rotatable bonds is 5. The Morgan fingerprint density at radius 1 is 0.794 bits per heavy atom. The van der Waals surface area contributed by atoms with E-state index in [1.165, 1.54) is 63.3 Å². The SMILES string of the molecule is CC(C)(C)c1ccc(C(P)(C(C)(C)C)C(C)(C)C)c(CP(C2CCCCN2)C2CCCCN2)c1. The average molecular weight is 505 g/mol. The third kappa shape index (κ3) is 6.10. The van der Waals surface area contributed by atoms with E-state index in [0.29, 0.717) is 11.6 Å². The smallest absolute Gasteiger partial charge is 0.0286 e. The standard InChI is InChI=1S/C30H54N2P2/c1-27(2,3)23-16-17-24(30(33,28(4,5)6)29(7,8)9)22(20-23)21-34(25-14-10-12-18-31-25)26-15-11-13-19-32-26/h16-17,20,25-26,31-32H,10-15,18-19,21,33H2,1-9H3. The van der Waals surface area contributed by atoms with Gasteiger partial charge in [-0.05, 0) is 77.9 Å². The lowest BCUT2D eigenvalue weighted by molar-refractivity contribution is 0.139. The molecule has 194 valence electrons. The first-order valence-corrected chi connectivity index (χ1v) is 16.1. The van der Waals surface area contributed by atoms with Crippen LogP contribution in [0.4, 0.5) is 0 Å². The zero-order valence-corrected chi connectivity index (χ0v) is 25.8. The summed E-state index contributed by atoms with van der Waals surface area (Å²) >= 11 is 0. The van der Waals surface area contributed by atoms with Crippen LogP contribution in [-0.4, -0.2) is 24.7 Å². The van der Waals surface area contributed by atoms with Crippen LogP contribution in [0.1, 0.15) is 118 Å². The summed E-state index contributed by atoms with van der Waals surface area (Å²) in [6.07, 6.45) is 9.37. The van der Waals surface area contributed by atoms with E-state index >= 15 is 0 Å². The number of piperidine rings is 2. The highest BCUT2D eigenvalue weighted by Gasteiger charge is 2.49. The Balaban J connectivity index is 2.14. The van der Waals surface area contributed by atoms with Gasteiger partial charge in [0.05, 0.1) is 0 Å². The minimum atomic E-state index is -0.188. The first-order chi connectivity index (χ1) is 15.7. The predicted molar refractivity (Wildman–Crippen MR) is 157 cm³/mol. The summed E-state index contributed by atoms with van der Waals surface area (Å²) in [5, 5.41) is 7.96. The molecule has 0 bridgehead atoms. The molecule has 2 saturated heterocycles. The van der Waals surface area contributed by atoms with Crippen LogP contribution in [0.15, 0.2) is 18.2 Å². The van der Waals surface area contributed by atoms with Crippen molar-refractivity contribution in [1.82, 2.24) is 10.6 Å². The summed E-state index contributed by atoms with van der Waals surface area (Å²) in [5.41, 5.74) is 5.06. The fraction of sp³-hybridized carbons (Fsp3) is 0.800. The number of hydrogen-bond acceptors (Lipinski definition) is 2. The Labute approximate surface area is 215 Å². The molecular weight excluding hydrogens is 450 g/mol. The van der Waals surface area contributed by atoms with Gasteiger partial charge < -0.3 is 10.6 Å². The summed E-state index contributed by atoms with van der Waals surface area (Å²) in [7, 11) is 3.19. The quantitative estimate of drug-likeness (QED) is 0.394. The topological polar surface area (TPSA) is 24.1 Å². The molecule has 3 atom stereocenters. The van der Waals surface area contributed by atoms with Gasteiger partial charge >= 0.3 is 0 Å². The number of nitrogens with one attached hydrogen (secondary N) is 2. The molecule has 4 heteroatoms. The van der Waals surface area contributed by atoms with Crippen LogP contribution in [0, 0.1) is 10.8 Å². The van der Waals surface area contributed by atoms with Crippen LogP contribution >= 0.6 is 17.2 Å². The molecular formula is C30H54N2P2. The van der Waals surface area contributed by atoms with Crippen molar-refractivity contribution in [2.24, 2.45) is 10.8 Å². The molecule has 2 heterocycles. The van der Waals surface area contributed by atoms with Crippen LogP contribution in [-0.2, 0) is 16.7 Å². The normalized spacial score (nSPS) is 24.2. The molecule has 2 aliphatic rings. The molecule has 2 nitrogen and oxygen atoms in total. The van der Waals surface area contributed by atoms with Gasteiger partial charge in [0.1, 0.15) is 0 Å². The highest BCUT2D eigenvalue weighted by Crippen LogP contribution is 2.61. The maximum atomic E-state index is 3.98. The fourth-order valence-electron chi connectivity index (χ4n) is 6.38. The Hall–Kier alpha value is -0.0000000000000000555. The number of benzene rings is 1. The molecule has 2 fully saturated rings. The van der Waals surface area contributed by atoms with E-state index in [-0.39, 0.29) is 29.3 Å². The molecule has 2 N–H and O–H groups in total. The second-order valence-electron chi connectivity index (χ2n) is 14.0. The average Bonchev–Trinajstić information content (AvgIpc) is 2.76. The first kappa shape index (κ1) is 28.6. The molecule has 0 spiro atoms. The van der Waals surface area contributed by atoms with E-state index < -0.39 is 0 Å². The number of hydrogen-bond donors (Lipinski definition) is 2. The van der Waals surface area contributed by atoms with E-state index in [2.05, 4.69) is 100 Å². The maximum Gasteiger partial charge on any atom is 0.0286 e. The second kappa shape index (κ2) is 10.8. The third-order valence-electron chi connectivity index (χ3n) is 8.48. The van der Waals surface area contributed by atoms with Crippen molar-refractivity contribution in [2.45, 2.75) is 129 Å². The Morgan fingerprint density at radius 3 is 1.68 bits per heavy atom. The summed E-state index contributed by atoms with van der Waals surface area (Å²) in [6.45, 7) is 24.1. The van der Waals surface area contributed by atoms with E-state index in [4.69, 9.17) is 0 Å². The van der Waals surface area contributed by atoms with Gasteiger partial charge in [-0.2, -0.15) is 0 Å². The molecule has 2 aliphatic heterocycles. The largest absolute Gasteiger partial charge is 0.310 e. The minimum Gasteiger partial charge on any atom is -0.310 e. The third-order valence-corrected chi connectivity index (χ3v) is 13.7. The van der Waals surface area contributed by atoms with Crippen molar-refractivity contribution < 1.29 is 0 Å². The Bertz CT molecular complexity index is 769. The first-order valence-electron chi connectivity index (χ1n) is 13.8. The van der Waals surface area contributed by atoms with E-state index in [1.54, 1.807) is 11.1 Å². The highest BCUT2D eigenvalue weighted by atomic mass is 31.1. The van der Waals surface area contributed by atoms with Crippen molar-refractivity contribution in [3.63, 3.8) is 0 Å². The molecule has 0 saturated carbocycles. The predicted octanol–water partition coefficient (Wildman–Crippen LogP) is 8.33. The van der Waals surface area contributed by atoms with Gasteiger partial charge in [0, 0.05) is 16.7 Å². The lowest BCUT2D eigenvalue weighted by Gasteiger charge is -2.53. The van der Waals surface area contributed by atoms with Crippen molar-refractivity contribution >= 4 is 17.2 Å². The molecule has 0 amide bonds. The van der Waals surface area contributed by atoms with Gasteiger partial charge in [-0.1, -0.05) is 101 Å².